The van der Waals surface area contributed by atoms with Gasteiger partial charge >= 0.3 is 0 Å². The Kier molecular flexibility index (Phi) is 4.92. The Bertz CT molecular complexity index is 136. The summed E-state index contributed by atoms with van der Waals surface area (Å²) in [5, 5.41) is 0. The number of halogens is 1. The first-order chi connectivity index (χ1) is 5.33. The van der Waals surface area contributed by atoms with Crippen LogP contribution in [0, 0.1) is 5.92 Å². The highest BCUT2D eigenvalue weighted by molar-refractivity contribution is 14.1. The van der Waals surface area contributed by atoms with Gasteiger partial charge in [-0.15, -0.1) is 11.8 Å². The molecule has 64 valence electrons. The summed E-state index contributed by atoms with van der Waals surface area (Å²) in [4.78, 5) is 0. The van der Waals surface area contributed by atoms with Gasteiger partial charge in [0.25, 0.3) is 0 Å². The van der Waals surface area contributed by atoms with E-state index in [4.69, 9.17) is 0 Å². The van der Waals surface area contributed by atoms with Gasteiger partial charge in [0.2, 0.25) is 0 Å². The van der Waals surface area contributed by atoms with Crippen LogP contribution in [0.15, 0.2) is 8.99 Å². The zero-order valence-corrected chi connectivity index (χ0v) is 9.95. The Balaban J connectivity index is 2.34. The molecule has 2 heteroatoms. The molecule has 11 heavy (non-hydrogen) atoms. The standard InChI is InChI=1S/C9H15IS/c1-11-9(10)7-8-5-3-2-4-6-8/h7-8H,2-6H2,1H3/b9-7+. The van der Waals surface area contributed by atoms with E-state index in [0.29, 0.717) is 0 Å². The van der Waals surface area contributed by atoms with E-state index in [2.05, 4.69) is 34.9 Å². The van der Waals surface area contributed by atoms with Gasteiger partial charge in [-0.2, -0.15) is 0 Å². The lowest BCUT2D eigenvalue weighted by Crippen LogP contribution is -2.02. The molecular formula is C9H15IS. The molecule has 0 heterocycles. The summed E-state index contributed by atoms with van der Waals surface area (Å²) in [5.74, 6) is 0.892. The van der Waals surface area contributed by atoms with Crippen LogP contribution in [-0.2, 0) is 0 Å². The zero-order chi connectivity index (χ0) is 8.10. The van der Waals surface area contributed by atoms with Crippen molar-refractivity contribution in [3.63, 3.8) is 0 Å². The maximum Gasteiger partial charge on any atom is 0.0417 e. The van der Waals surface area contributed by atoms with E-state index in [1.807, 2.05) is 11.8 Å². The molecule has 0 nitrogen and oxygen atoms in total. The van der Waals surface area contributed by atoms with E-state index in [9.17, 15) is 0 Å². The van der Waals surface area contributed by atoms with Gasteiger partial charge in [-0.25, -0.2) is 0 Å². The van der Waals surface area contributed by atoms with Crippen molar-refractivity contribution in [2.24, 2.45) is 5.92 Å². The minimum absolute atomic E-state index is 0.892. The van der Waals surface area contributed by atoms with E-state index < -0.39 is 0 Å². The normalized spacial score (nSPS) is 22.2. The summed E-state index contributed by atoms with van der Waals surface area (Å²) < 4.78 is 1.47. The van der Waals surface area contributed by atoms with Gasteiger partial charge < -0.3 is 0 Å². The van der Waals surface area contributed by atoms with Gasteiger partial charge in [-0.1, -0.05) is 25.3 Å². The summed E-state index contributed by atoms with van der Waals surface area (Å²) in [5.41, 5.74) is 0. The van der Waals surface area contributed by atoms with Crippen molar-refractivity contribution in [2.75, 3.05) is 6.26 Å². The first-order valence-corrected chi connectivity index (χ1v) is 6.54. The number of rotatable bonds is 2. The first-order valence-electron chi connectivity index (χ1n) is 4.24. The molecule has 1 aliphatic carbocycles. The molecule has 0 aromatic carbocycles. The molecule has 0 radical (unpaired) electrons. The van der Waals surface area contributed by atoms with E-state index in [0.717, 1.165) is 5.92 Å². The average molecular weight is 282 g/mol. The number of allylic oxidation sites excluding steroid dienone is 1. The predicted molar refractivity (Wildman–Crippen MR) is 62.2 cm³/mol. The summed E-state index contributed by atoms with van der Waals surface area (Å²) in [6, 6.07) is 0. The third-order valence-electron chi connectivity index (χ3n) is 2.21. The Morgan fingerprint density at radius 3 is 2.55 bits per heavy atom. The van der Waals surface area contributed by atoms with Crippen LogP contribution in [0.3, 0.4) is 0 Å². The molecule has 0 saturated heterocycles. The monoisotopic (exact) mass is 282 g/mol. The minimum atomic E-state index is 0.892. The molecule has 0 aromatic heterocycles. The smallest absolute Gasteiger partial charge is 0.0417 e. The van der Waals surface area contributed by atoms with Gasteiger partial charge in [0.05, 0.1) is 0 Å². The summed E-state index contributed by atoms with van der Waals surface area (Å²) in [6.45, 7) is 0. The lowest BCUT2D eigenvalue weighted by molar-refractivity contribution is 0.419. The lowest BCUT2D eigenvalue weighted by Gasteiger charge is -2.18. The second-order valence-corrected chi connectivity index (χ2v) is 5.82. The van der Waals surface area contributed by atoms with Crippen LogP contribution in [-0.4, -0.2) is 6.26 Å². The SMILES string of the molecule is CS/C(I)=C/C1CCCCC1. The topological polar surface area (TPSA) is 0 Å². The van der Waals surface area contributed by atoms with Gasteiger partial charge in [-0.3, -0.25) is 0 Å². The Labute approximate surface area is 87.3 Å². The van der Waals surface area contributed by atoms with E-state index >= 15 is 0 Å². The number of thioether (sulfide) groups is 1. The Morgan fingerprint density at radius 1 is 1.36 bits per heavy atom. The zero-order valence-electron chi connectivity index (χ0n) is 6.98. The summed E-state index contributed by atoms with van der Waals surface area (Å²) in [7, 11) is 0. The molecule has 0 aromatic rings. The third kappa shape index (κ3) is 3.83. The van der Waals surface area contributed by atoms with Gasteiger partial charge in [-0.05, 0) is 47.6 Å². The molecule has 1 rings (SSSR count). The molecule has 0 N–H and O–H groups in total. The molecule has 0 atom stereocenters. The van der Waals surface area contributed by atoms with Crippen molar-refractivity contribution < 1.29 is 0 Å². The van der Waals surface area contributed by atoms with Crippen LogP contribution in [0.1, 0.15) is 32.1 Å². The maximum absolute atomic E-state index is 2.45. The summed E-state index contributed by atoms with van der Waals surface area (Å²) >= 11 is 4.30. The van der Waals surface area contributed by atoms with E-state index in [1.165, 1.54) is 35.0 Å². The van der Waals surface area contributed by atoms with Crippen molar-refractivity contribution in [3.8, 4) is 0 Å². The Morgan fingerprint density at radius 2 is 2.00 bits per heavy atom. The fourth-order valence-electron chi connectivity index (χ4n) is 1.55. The van der Waals surface area contributed by atoms with Crippen LogP contribution in [0.5, 0.6) is 0 Å². The molecule has 0 bridgehead atoms. The van der Waals surface area contributed by atoms with E-state index in [-0.39, 0.29) is 0 Å². The second-order valence-electron chi connectivity index (χ2n) is 3.07. The van der Waals surface area contributed by atoms with Crippen molar-refractivity contribution >= 4 is 34.4 Å². The number of hydrogen-bond acceptors (Lipinski definition) is 1. The van der Waals surface area contributed by atoms with Crippen LogP contribution in [0.2, 0.25) is 0 Å². The largest absolute Gasteiger partial charge is 0.123 e. The van der Waals surface area contributed by atoms with Crippen molar-refractivity contribution in [1.82, 2.24) is 0 Å². The maximum atomic E-state index is 2.45. The number of hydrogen-bond donors (Lipinski definition) is 0. The van der Waals surface area contributed by atoms with Crippen molar-refractivity contribution in [3.05, 3.63) is 8.99 Å². The highest BCUT2D eigenvalue weighted by Crippen LogP contribution is 2.29. The highest BCUT2D eigenvalue weighted by Gasteiger charge is 2.10. The molecule has 1 saturated carbocycles. The van der Waals surface area contributed by atoms with Crippen LogP contribution in [0.4, 0.5) is 0 Å². The molecule has 0 spiro atoms. The fraction of sp³-hybridized carbons (Fsp3) is 0.778. The summed E-state index contributed by atoms with van der Waals surface area (Å²) in [6.07, 6.45) is 11.8. The molecule has 0 aliphatic heterocycles. The quantitative estimate of drug-likeness (QED) is 0.684. The molecule has 0 unspecified atom stereocenters. The van der Waals surface area contributed by atoms with E-state index in [1.54, 1.807) is 0 Å². The lowest BCUT2D eigenvalue weighted by atomic mass is 9.90. The van der Waals surface area contributed by atoms with Gasteiger partial charge in [0.15, 0.2) is 0 Å². The molecule has 0 amide bonds. The molecular weight excluding hydrogens is 267 g/mol. The van der Waals surface area contributed by atoms with Crippen LogP contribution >= 0.6 is 34.4 Å². The van der Waals surface area contributed by atoms with Gasteiger partial charge in [0, 0.05) is 2.91 Å². The second kappa shape index (κ2) is 5.46. The van der Waals surface area contributed by atoms with Crippen LogP contribution < -0.4 is 0 Å². The first kappa shape index (κ1) is 9.90. The average Bonchev–Trinajstić information content (AvgIpc) is 2.06. The van der Waals surface area contributed by atoms with Crippen molar-refractivity contribution in [2.45, 2.75) is 32.1 Å². The Hall–Kier alpha value is 0.820. The predicted octanol–water partition coefficient (Wildman–Crippen LogP) is 4.21. The van der Waals surface area contributed by atoms with Crippen LogP contribution in [0.25, 0.3) is 0 Å². The fourth-order valence-corrected chi connectivity index (χ4v) is 2.39. The van der Waals surface area contributed by atoms with Gasteiger partial charge in [0.1, 0.15) is 0 Å². The van der Waals surface area contributed by atoms with Crippen molar-refractivity contribution in [1.29, 1.82) is 0 Å². The molecule has 1 aliphatic rings. The highest BCUT2D eigenvalue weighted by atomic mass is 127. The third-order valence-corrected chi connectivity index (χ3v) is 4.42. The molecule has 1 fully saturated rings. The minimum Gasteiger partial charge on any atom is -0.123 e.